The molecule has 128 valence electrons. The predicted octanol–water partition coefficient (Wildman–Crippen LogP) is 1.63. The number of carbonyl (C=O) groups is 1. The molecule has 1 aliphatic heterocycles. The lowest BCUT2D eigenvalue weighted by atomic mass is 10.0. The largest absolute Gasteiger partial charge is 0.394 e. The van der Waals surface area contributed by atoms with Crippen LogP contribution in [0.25, 0.3) is 0 Å². The molecule has 2 N–H and O–H groups in total. The van der Waals surface area contributed by atoms with Gasteiger partial charge in [0.1, 0.15) is 0 Å². The topological polar surface area (TPSA) is 68.7 Å². The van der Waals surface area contributed by atoms with Crippen LogP contribution >= 0.6 is 0 Å². The maximum absolute atomic E-state index is 12.1. The van der Waals surface area contributed by atoms with E-state index in [2.05, 4.69) is 34.3 Å². The van der Waals surface area contributed by atoms with E-state index in [1.54, 1.807) is 11.9 Å². The minimum absolute atomic E-state index is 0.0220. The Morgan fingerprint density at radius 2 is 2.00 bits per heavy atom. The zero-order chi connectivity index (χ0) is 16.8. The molecule has 1 aromatic rings. The van der Waals surface area contributed by atoms with Gasteiger partial charge in [0.25, 0.3) is 0 Å². The third kappa shape index (κ3) is 4.65. The van der Waals surface area contributed by atoms with Gasteiger partial charge in [-0.3, -0.25) is 9.88 Å². The molecule has 6 heteroatoms. The van der Waals surface area contributed by atoms with E-state index in [0.717, 1.165) is 25.9 Å². The van der Waals surface area contributed by atoms with E-state index in [4.69, 9.17) is 5.11 Å². The fraction of sp³-hybridized carbons (Fsp3) is 0.647. The lowest BCUT2D eigenvalue weighted by Crippen LogP contribution is -2.51. The molecule has 2 amide bonds. The first-order chi connectivity index (χ1) is 11.0. The SMILES string of the molecule is CC(c1ccncc1)N1CCC(NC(=O)N(C)C(C)CO)CC1. The molecule has 0 aliphatic carbocycles. The second kappa shape index (κ2) is 8.26. The summed E-state index contributed by atoms with van der Waals surface area (Å²) >= 11 is 0. The van der Waals surface area contributed by atoms with Crippen LogP contribution < -0.4 is 5.32 Å². The molecule has 1 aliphatic rings. The average Bonchev–Trinajstić information content (AvgIpc) is 2.61. The maximum Gasteiger partial charge on any atom is 0.317 e. The Morgan fingerprint density at radius 3 is 2.57 bits per heavy atom. The highest BCUT2D eigenvalue weighted by Crippen LogP contribution is 2.23. The molecule has 1 fully saturated rings. The van der Waals surface area contributed by atoms with Crippen molar-refractivity contribution in [3.63, 3.8) is 0 Å². The smallest absolute Gasteiger partial charge is 0.317 e. The third-order valence-electron chi connectivity index (χ3n) is 4.84. The molecule has 1 aromatic heterocycles. The van der Waals surface area contributed by atoms with Crippen molar-refractivity contribution < 1.29 is 9.90 Å². The molecule has 2 unspecified atom stereocenters. The number of urea groups is 1. The molecule has 2 rings (SSSR count). The van der Waals surface area contributed by atoms with Crippen molar-refractivity contribution in [2.45, 2.75) is 44.8 Å². The highest BCUT2D eigenvalue weighted by atomic mass is 16.3. The van der Waals surface area contributed by atoms with E-state index in [1.165, 1.54) is 5.56 Å². The highest BCUT2D eigenvalue weighted by molar-refractivity contribution is 5.74. The number of piperidine rings is 1. The van der Waals surface area contributed by atoms with Crippen LogP contribution in [0.1, 0.15) is 38.3 Å². The van der Waals surface area contributed by atoms with Gasteiger partial charge in [-0.2, -0.15) is 0 Å². The summed E-state index contributed by atoms with van der Waals surface area (Å²) < 4.78 is 0. The van der Waals surface area contributed by atoms with E-state index in [0.29, 0.717) is 6.04 Å². The normalized spacial score (nSPS) is 19.1. The number of nitrogens with zero attached hydrogens (tertiary/aromatic N) is 3. The Kier molecular flexibility index (Phi) is 6.36. The van der Waals surface area contributed by atoms with Crippen molar-refractivity contribution in [1.82, 2.24) is 20.1 Å². The number of aliphatic hydroxyl groups excluding tert-OH is 1. The summed E-state index contributed by atoms with van der Waals surface area (Å²) in [6.45, 7) is 5.96. The molecule has 2 atom stereocenters. The van der Waals surface area contributed by atoms with Crippen LogP contribution in [0.2, 0.25) is 0 Å². The van der Waals surface area contributed by atoms with Crippen LogP contribution in [0.3, 0.4) is 0 Å². The van der Waals surface area contributed by atoms with E-state index in [9.17, 15) is 4.79 Å². The molecular weight excluding hydrogens is 292 g/mol. The lowest BCUT2D eigenvalue weighted by Gasteiger charge is -2.37. The Labute approximate surface area is 138 Å². The van der Waals surface area contributed by atoms with Crippen LogP contribution in [0.4, 0.5) is 4.79 Å². The van der Waals surface area contributed by atoms with Crippen LogP contribution in [0.5, 0.6) is 0 Å². The quantitative estimate of drug-likeness (QED) is 0.865. The number of carbonyl (C=O) groups excluding carboxylic acids is 1. The molecule has 0 saturated carbocycles. The Morgan fingerprint density at radius 1 is 1.39 bits per heavy atom. The van der Waals surface area contributed by atoms with Crippen LogP contribution in [-0.4, -0.2) is 64.7 Å². The van der Waals surface area contributed by atoms with Crippen LogP contribution in [0.15, 0.2) is 24.5 Å². The fourth-order valence-electron chi connectivity index (χ4n) is 2.88. The molecule has 0 aromatic carbocycles. The minimum atomic E-state index is -0.165. The molecule has 0 bridgehead atoms. The van der Waals surface area contributed by atoms with Crippen molar-refractivity contribution in [1.29, 1.82) is 0 Å². The van der Waals surface area contributed by atoms with Crippen molar-refractivity contribution in [2.24, 2.45) is 0 Å². The molecule has 2 heterocycles. The first kappa shape index (κ1) is 17.7. The molecule has 6 nitrogen and oxygen atoms in total. The van der Waals surface area contributed by atoms with Gasteiger partial charge in [-0.15, -0.1) is 0 Å². The summed E-state index contributed by atoms with van der Waals surface area (Å²) in [5, 5.41) is 12.2. The van der Waals surface area contributed by atoms with Crippen molar-refractivity contribution in [3.05, 3.63) is 30.1 Å². The van der Waals surface area contributed by atoms with Crippen molar-refractivity contribution in [3.8, 4) is 0 Å². The summed E-state index contributed by atoms with van der Waals surface area (Å²) in [5.41, 5.74) is 1.28. The van der Waals surface area contributed by atoms with Gasteiger partial charge >= 0.3 is 6.03 Å². The summed E-state index contributed by atoms with van der Waals surface area (Å²) in [5.74, 6) is 0. The van der Waals surface area contributed by atoms with Gasteiger partial charge < -0.3 is 15.3 Å². The number of hydrogen-bond acceptors (Lipinski definition) is 4. The summed E-state index contributed by atoms with van der Waals surface area (Å²) in [7, 11) is 1.72. The molecule has 23 heavy (non-hydrogen) atoms. The van der Waals surface area contributed by atoms with Crippen molar-refractivity contribution in [2.75, 3.05) is 26.7 Å². The highest BCUT2D eigenvalue weighted by Gasteiger charge is 2.25. The zero-order valence-electron chi connectivity index (χ0n) is 14.3. The predicted molar refractivity (Wildman–Crippen MR) is 90.1 cm³/mol. The molecule has 0 spiro atoms. The van der Waals surface area contributed by atoms with Gasteiger partial charge in [0.15, 0.2) is 0 Å². The fourth-order valence-corrected chi connectivity index (χ4v) is 2.88. The number of rotatable bonds is 5. The number of amides is 2. The van der Waals surface area contributed by atoms with Crippen LogP contribution in [0, 0.1) is 0 Å². The van der Waals surface area contributed by atoms with Gasteiger partial charge in [-0.05, 0) is 44.4 Å². The van der Waals surface area contributed by atoms with Gasteiger partial charge in [-0.1, -0.05) is 0 Å². The first-order valence-electron chi connectivity index (χ1n) is 8.31. The summed E-state index contributed by atoms with van der Waals surface area (Å²) in [4.78, 5) is 20.2. The monoisotopic (exact) mass is 320 g/mol. The minimum Gasteiger partial charge on any atom is -0.394 e. The molecule has 0 radical (unpaired) electrons. The number of hydrogen-bond donors (Lipinski definition) is 2. The average molecular weight is 320 g/mol. The standard InChI is InChI=1S/C17H28N4O2/c1-13(12-22)20(3)17(23)19-16-6-10-21(11-7-16)14(2)15-4-8-18-9-5-15/h4-5,8-9,13-14,16,22H,6-7,10-12H2,1-3H3,(H,19,23). The Bertz CT molecular complexity index is 489. The number of aromatic nitrogens is 1. The number of aliphatic hydroxyl groups is 1. The lowest BCUT2D eigenvalue weighted by molar-refractivity contribution is 0.135. The number of likely N-dealkylation sites (N-methyl/N-ethyl adjacent to an activating group) is 1. The van der Waals surface area contributed by atoms with Crippen molar-refractivity contribution >= 4 is 6.03 Å². The number of pyridine rings is 1. The van der Waals surface area contributed by atoms with E-state index < -0.39 is 0 Å². The summed E-state index contributed by atoms with van der Waals surface area (Å²) in [6, 6.07) is 4.42. The van der Waals surface area contributed by atoms with E-state index in [-0.39, 0.29) is 24.7 Å². The zero-order valence-corrected chi connectivity index (χ0v) is 14.3. The van der Waals surface area contributed by atoms with Gasteiger partial charge in [-0.25, -0.2) is 4.79 Å². The van der Waals surface area contributed by atoms with E-state index in [1.807, 2.05) is 19.3 Å². The second-order valence-electron chi connectivity index (χ2n) is 6.36. The molecular formula is C17H28N4O2. The maximum atomic E-state index is 12.1. The summed E-state index contributed by atoms with van der Waals surface area (Å²) in [6.07, 6.45) is 5.55. The number of nitrogens with one attached hydrogen (secondary N) is 1. The first-order valence-corrected chi connectivity index (χ1v) is 8.31. The second-order valence-corrected chi connectivity index (χ2v) is 6.36. The Balaban J connectivity index is 1.81. The van der Waals surface area contributed by atoms with Gasteiger partial charge in [0.2, 0.25) is 0 Å². The van der Waals surface area contributed by atoms with Gasteiger partial charge in [0, 0.05) is 44.6 Å². The van der Waals surface area contributed by atoms with E-state index >= 15 is 0 Å². The van der Waals surface area contributed by atoms with Gasteiger partial charge in [0.05, 0.1) is 12.6 Å². The van der Waals surface area contributed by atoms with Crippen LogP contribution in [-0.2, 0) is 0 Å². The molecule has 1 saturated heterocycles. The Hall–Kier alpha value is -1.66. The number of likely N-dealkylation sites (tertiary alicyclic amines) is 1. The third-order valence-corrected chi connectivity index (χ3v) is 4.84.